The number of imidazole rings is 1. The van der Waals surface area contributed by atoms with E-state index in [0.29, 0.717) is 28.2 Å². The molecule has 0 aliphatic rings. The summed E-state index contributed by atoms with van der Waals surface area (Å²) in [5.74, 6) is 0.676. The molecule has 3 aromatic heterocycles. The smallest absolute Gasteiger partial charge is 0.416 e. The molecule has 10 rings (SSSR count). The molecule has 0 aliphatic heterocycles. The van der Waals surface area contributed by atoms with Crippen LogP contribution in [0.25, 0.3) is 81.4 Å². The summed E-state index contributed by atoms with van der Waals surface area (Å²) >= 11 is 1.54. The molecule has 56 heavy (non-hydrogen) atoms. The summed E-state index contributed by atoms with van der Waals surface area (Å²) in [6.45, 7) is 0. The van der Waals surface area contributed by atoms with Crippen LogP contribution in [-0.2, 0) is 6.18 Å². The van der Waals surface area contributed by atoms with Gasteiger partial charge in [0.1, 0.15) is 23.1 Å². The summed E-state index contributed by atoms with van der Waals surface area (Å²) in [5.41, 5.74) is 5.83. The number of nitrogens with zero attached hydrogens (tertiary/aromatic N) is 3. The summed E-state index contributed by atoms with van der Waals surface area (Å²) in [6.07, 6.45) is -2.87. The van der Waals surface area contributed by atoms with Gasteiger partial charge >= 0.3 is 6.18 Å². The quantitative estimate of drug-likeness (QED) is 0.159. The lowest BCUT2D eigenvalue weighted by molar-refractivity contribution is -0.137. The van der Waals surface area contributed by atoms with Gasteiger partial charge in [-0.15, -0.1) is 11.3 Å². The number of fused-ring (bicyclic) bond motifs is 5. The SMILES string of the molecule is Fc1ccc(-c2cnc3c(c2)sc2c(-c4nc5ccccc5n4-c4ccccc4)cc(Oc4cc(-c5ccc6ccccc6c5)cc(C(F)(F)F)c4)cc23)cc1. The minimum atomic E-state index is -4.61. The molecule has 0 amide bonds. The van der Waals surface area contributed by atoms with E-state index >= 15 is 0 Å². The topological polar surface area (TPSA) is 39.9 Å². The summed E-state index contributed by atoms with van der Waals surface area (Å²) in [5, 5.41) is 2.67. The Morgan fingerprint density at radius 1 is 0.607 bits per heavy atom. The zero-order valence-electron chi connectivity index (χ0n) is 29.3. The van der Waals surface area contributed by atoms with Crippen molar-refractivity contribution in [3.05, 3.63) is 175 Å². The maximum atomic E-state index is 14.5. The van der Waals surface area contributed by atoms with Crippen molar-refractivity contribution in [3.8, 4) is 50.8 Å². The highest BCUT2D eigenvalue weighted by atomic mass is 32.1. The van der Waals surface area contributed by atoms with Crippen molar-refractivity contribution in [3.63, 3.8) is 0 Å². The third-order valence-electron chi connectivity index (χ3n) is 9.93. The number of alkyl halides is 3. The van der Waals surface area contributed by atoms with Gasteiger partial charge in [0.15, 0.2) is 0 Å². The standard InChI is InChI=1S/C47H27F4N3OS/c48-35-18-16-29(17-19-35)33-23-43-44(52-27-33)39-25-38(26-40(45(39)56-43)46-53-41-12-6-7-13-42(41)54(46)36-10-2-1-3-11-36)55-37-22-32(21-34(24-37)47(49,50)51)31-15-14-28-8-4-5-9-30(28)20-31/h1-27H. The lowest BCUT2D eigenvalue weighted by Crippen LogP contribution is -2.05. The molecule has 3 heterocycles. The Morgan fingerprint density at radius 2 is 1.34 bits per heavy atom. The fraction of sp³-hybridized carbons (Fsp3) is 0.0213. The molecule has 4 nitrogen and oxygen atoms in total. The Bertz CT molecular complexity index is 3120. The van der Waals surface area contributed by atoms with Crippen LogP contribution in [0.5, 0.6) is 11.5 Å². The molecule has 0 radical (unpaired) electrons. The molecule has 0 aliphatic carbocycles. The Kier molecular flexibility index (Phi) is 7.93. The molecule has 0 N–H and O–H groups in total. The number of rotatable bonds is 6. The van der Waals surface area contributed by atoms with Crippen LogP contribution in [0.3, 0.4) is 0 Å². The predicted molar refractivity (Wildman–Crippen MR) is 217 cm³/mol. The first kappa shape index (κ1) is 33.7. The van der Waals surface area contributed by atoms with E-state index in [9.17, 15) is 17.6 Å². The van der Waals surface area contributed by atoms with Crippen LogP contribution in [0.2, 0.25) is 0 Å². The summed E-state index contributed by atoms with van der Waals surface area (Å²) in [6, 6.07) is 46.9. The number of ether oxygens (including phenoxy) is 1. The van der Waals surface area contributed by atoms with E-state index in [1.54, 1.807) is 24.4 Å². The van der Waals surface area contributed by atoms with Crippen molar-refractivity contribution < 1.29 is 22.3 Å². The number of benzene rings is 7. The maximum absolute atomic E-state index is 14.5. The first-order valence-corrected chi connectivity index (χ1v) is 18.6. The van der Waals surface area contributed by atoms with Crippen LogP contribution in [0.1, 0.15) is 5.56 Å². The van der Waals surface area contributed by atoms with Gasteiger partial charge in [0, 0.05) is 33.1 Å². The molecule has 0 saturated heterocycles. The van der Waals surface area contributed by atoms with Gasteiger partial charge in [-0.1, -0.05) is 78.9 Å². The molecule has 0 spiro atoms. The van der Waals surface area contributed by atoms with Crippen molar-refractivity contribution >= 4 is 53.4 Å². The monoisotopic (exact) mass is 757 g/mol. The van der Waals surface area contributed by atoms with E-state index < -0.39 is 11.7 Å². The second kappa shape index (κ2) is 13.2. The van der Waals surface area contributed by atoms with Crippen molar-refractivity contribution in [2.45, 2.75) is 6.18 Å². The molecule has 10 aromatic rings. The zero-order valence-corrected chi connectivity index (χ0v) is 30.1. The number of para-hydroxylation sites is 3. The summed E-state index contributed by atoms with van der Waals surface area (Å²) in [7, 11) is 0. The van der Waals surface area contributed by atoms with Crippen molar-refractivity contribution in [1.82, 2.24) is 14.5 Å². The van der Waals surface area contributed by atoms with Crippen molar-refractivity contribution in [2.75, 3.05) is 0 Å². The summed E-state index contributed by atoms with van der Waals surface area (Å²) < 4.78 is 67.5. The molecule has 7 aromatic carbocycles. The Morgan fingerprint density at radius 3 is 2.16 bits per heavy atom. The average Bonchev–Trinajstić information content (AvgIpc) is 3.79. The Labute approximate surface area is 321 Å². The highest BCUT2D eigenvalue weighted by Gasteiger charge is 2.32. The Hall–Kier alpha value is -6.84. The third kappa shape index (κ3) is 6.02. The highest BCUT2D eigenvalue weighted by Crippen LogP contribution is 2.45. The van der Waals surface area contributed by atoms with Gasteiger partial charge in [0.25, 0.3) is 0 Å². The maximum Gasteiger partial charge on any atom is 0.416 e. The molecular formula is C47H27F4N3OS. The predicted octanol–water partition coefficient (Wildman–Crippen LogP) is 13.9. The largest absolute Gasteiger partial charge is 0.457 e. The normalized spacial score (nSPS) is 11.9. The first-order chi connectivity index (χ1) is 27.2. The number of hydrogen-bond donors (Lipinski definition) is 0. The van der Waals surface area contributed by atoms with Crippen LogP contribution in [0.4, 0.5) is 17.6 Å². The molecule has 0 saturated carbocycles. The minimum Gasteiger partial charge on any atom is -0.457 e. The molecular weight excluding hydrogens is 731 g/mol. The highest BCUT2D eigenvalue weighted by molar-refractivity contribution is 7.26. The van der Waals surface area contributed by atoms with E-state index in [2.05, 4.69) is 4.57 Å². The second-order valence-corrected chi connectivity index (χ2v) is 14.6. The molecule has 270 valence electrons. The van der Waals surface area contributed by atoms with Gasteiger partial charge in [0.2, 0.25) is 0 Å². The number of aromatic nitrogens is 3. The van der Waals surface area contributed by atoms with Gasteiger partial charge in [-0.3, -0.25) is 9.55 Å². The lowest BCUT2D eigenvalue weighted by atomic mass is 9.99. The number of thiophene rings is 1. The van der Waals surface area contributed by atoms with E-state index in [0.717, 1.165) is 71.1 Å². The van der Waals surface area contributed by atoms with Gasteiger partial charge in [-0.05, 0) is 106 Å². The average molecular weight is 758 g/mol. The van der Waals surface area contributed by atoms with Crippen LogP contribution in [0.15, 0.2) is 164 Å². The van der Waals surface area contributed by atoms with Crippen LogP contribution < -0.4 is 4.74 Å². The van der Waals surface area contributed by atoms with Gasteiger partial charge < -0.3 is 4.74 Å². The Balaban J connectivity index is 1.19. The number of halogens is 4. The molecule has 0 fully saturated rings. The lowest BCUT2D eigenvalue weighted by Gasteiger charge is -2.15. The van der Waals surface area contributed by atoms with E-state index in [-0.39, 0.29) is 11.6 Å². The minimum absolute atomic E-state index is 0.0379. The van der Waals surface area contributed by atoms with Crippen LogP contribution in [0, 0.1) is 5.82 Å². The number of hydrogen-bond acceptors (Lipinski definition) is 4. The second-order valence-electron chi connectivity index (χ2n) is 13.5. The zero-order chi connectivity index (χ0) is 38.0. The van der Waals surface area contributed by atoms with Crippen LogP contribution in [-0.4, -0.2) is 14.5 Å². The van der Waals surface area contributed by atoms with E-state index in [1.165, 1.54) is 23.5 Å². The molecule has 0 atom stereocenters. The number of pyridine rings is 1. The molecule has 9 heteroatoms. The summed E-state index contributed by atoms with van der Waals surface area (Å²) in [4.78, 5) is 10.0. The molecule has 0 unspecified atom stereocenters. The van der Waals surface area contributed by atoms with E-state index in [1.807, 2.05) is 115 Å². The van der Waals surface area contributed by atoms with Gasteiger partial charge in [-0.25, -0.2) is 9.37 Å². The fourth-order valence-electron chi connectivity index (χ4n) is 7.29. The molecule has 0 bridgehead atoms. The van der Waals surface area contributed by atoms with Gasteiger partial charge in [0.05, 0.1) is 26.8 Å². The van der Waals surface area contributed by atoms with E-state index in [4.69, 9.17) is 14.7 Å². The van der Waals surface area contributed by atoms with Crippen molar-refractivity contribution in [2.24, 2.45) is 0 Å². The van der Waals surface area contributed by atoms with Crippen molar-refractivity contribution in [1.29, 1.82) is 0 Å². The fourth-order valence-corrected chi connectivity index (χ4v) is 8.48. The third-order valence-corrected chi connectivity index (χ3v) is 11.1. The first-order valence-electron chi connectivity index (χ1n) is 17.8. The van der Waals surface area contributed by atoms with Crippen LogP contribution >= 0.6 is 11.3 Å². The van der Waals surface area contributed by atoms with Gasteiger partial charge in [-0.2, -0.15) is 13.2 Å².